The average Bonchev–Trinajstić information content (AvgIpc) is 3.40. The van der Waals surface area contributed by atoms with Crippen LogP contribution in [0.5, 0.6) is 0 Å². The SMILES string of the molecule is C/C=C(\C)[C@H]1OC(=O)[C@@H](C)NC(=O)[C@H]([C@H](C)CC)NC(=O)CN(C)C(=O)[C@H](Cc2ccc(Cl)cc2)N(C)C(=O)[C@H](C)NC(=O)[C@H](CC(C)C)OC(=O)/C(C)=C\C[C@H](OC(=O)N(C)CCCCCCCCCCCCNC)[C@H]1C. The molecular weight excluding hydrogens is 1020 g/mol. The Balaban J connectivity index is 2.59. The molecule has 0 spiro atoms. The quantitative estimate of drug-likeness (QED) is 0.0397. The summed E-state index contributed by atoms with van der Waals surface area (Å²) in [4.78, 5) is 116. The molecule has 0 saturated heterocycles. The number of halogens is 1. The molecule has 1 heterocycles. The van der Waals surface area contributed by atoms with Crippen LogP contribution in [0.2, 0.25) is 5.02 Å². The van der Waals surface area contributed by atoms with E-state index in [2.05, 4.69) is 21.3 Å². The predicted octanol–water partition coefficient (Wildman–Crippen LogP) is 8.09. The molecule has 78 heavy (non-hydrogen) atoms. The molecule has 0 fully saturated rings. The number of nitrogens with zero attached hydrogens (tertiary/aromatic N) is 3. The fraction of sp³-hybridized carbons (Fsp3) is 0.695. The zero-order valence-corrected chi connectivity index (χ0v) is 50.2. The second-order valence-electron chi connectivity index (χ2n) is 21.8. The summed E-state index contributed by atoms with van der Waals surface area (Å²) >= 11 is 6.17. The highest BCUT2D eigenvalue weighted by Crippen LogP contribution is 2.27. The second kappa shape index (κ2) is 35.9. The Morgan fingerprint density at radius 1 is 0.846 bits per heavy atom. The first-order valence-corrected chi connectivity index (χ1v) is 28.7. The number of carbonyl (C=O) groups is 8. The van der Waals surface area contributed by atoms with Crippen molar-refractivity contribution in [2.45, 2.75) is 202 Å². The van der Waals surface area contributed by atoms with E-state index < -0.39 is 108 Å². The van der Waals surface area contributed by atoms with E-state index in [1.165, 1.54) is 83.2 Å². The van der Waals surface area contributed by atoms with Crippen LogP contribution in [0, 0.1) is 17.8 Å². The number of esters is 2. The minimum atomic E-state index is -1.32. The van der Waals surface area contributed by atoms with Crippen molar-refractivity contribution in [3.63, 3.8) is 0 Å². The number of nitrogens with one attached hydrogen (secondary N) is 4. The van der Waals surface area contributed by atoms with Crippen LogP contribution in [-0.4, -0.2) is 153 Å². The van der Waals surface area contributed by atoms with Crippen molar-refractivity contribution < 1.29 is 52.6 Å². The van der Waals surface area contributed by atoms with Gasteiger partial charge in [-0.25, -0.2) is 14.4 Å². The lowest BCUT2D eigenvalue weighted by molar-refractivity contribution is -0.155. The standard InChI is InChI=1S/C59H96ClN7O11/c1-15-39(5)51-54(70)63-44(10)58(74)78-52(40(6)16-2)42(8)48(77-59(75)65(12)34-26-24-22-20-18-17-19-21-23-25-33-61-11)32-27-41(7)57(73)76-49(35-38(3)4)53(69)62-43(9)55(71)67(14)47(36-45-28-30-46(60)31-29-45)56(72)66(13)37-50(68)64-51/h16,27-31,38-39,42-44,47-49,51-52,61H,15,17-26,32-37H2,1-14H3,(H,62,69)(H,63,70)(H,64,68)/b40-16+,41-27-/t39-,42-,43+,44-,47+,48+,49+,51+,52-/m1/s1. The van der Waals surface area contributed by atoms with Crippen molar-refractivity contribution in [3.8, 4) is 0 Å². The van der Waals surface area contributed by atoms with E-state index in [9.17, 15) is 38.4 Å². The van der Waals surface area contributed by atoms with Gasteiger partial charge in [-0.2, -0.15) is 0 Å². The summed E-state index contributed by atoms with van der Waals surface area (Å²) in [6.07, 6.45) is 11.3. The lowest BCUT2D eigenvalue weighted by Gasteiger charge is -2.33. The molecule has 2 rings (SSSR count). The lowest BCUT2D eigenvalue weighted by atomic mass is 9.90. The Kier molecular flexibility index (Phi) is 31.6. The summed E-state index contributed by atoms with van der Waals surface area (Å²) in [6.45, 7) is 18.1. The molecule has 6 amide bonds. The minimum Gasteiger partial charge on any atom is -0.456 e. The predicted molar refractivity (Wildman–Crippen MR) is 305 cm³/mol. The number of cyclic esters (lactones) is 2. The van der Waals surface area contributed by atoms with E-state index in [4.69, 9.17) is 25.8 Å². The molecule has 0 aromatic heterocycles. The molecule has 9 atom stereocenters. The van der Waals surface area contributed by atoms with Gasteiger partial charge in [-0.05, 0) is 103 Å². The third-order valence-corrected chi connectivity index (χ3v) is 14.9. The van der Waals surface area contributed by atoms with Crippen LogP contribution in [0.3, 0.4) is 0 Å². The number of likely N-dealkylation sites (N-methyl/N-ethyl adjacent to an activating group) is 2. The Hall–Kier alpha value is -5.49. The number of amides is 6. The van der Waals surface area contributed by atoms with Gasteiger partial charge in [0.2, 0.25) is 23.6 Å². The van der Waals surface area contributed by atoms with E-state index in [1.807, 2.05) is 27.8 Å². The first kappa shape index (κ1) is 68.6. The zero-order chi connectivity index (χ0) is 58.6. The Morgan fingerprint density at radius 2 is 1.42 bits per heavy atom. The highest BCUT2D eigenvalue weighted by molar-refractivity contribution is 6.30. The van der Waals surface area contributed by atoms with E-state index in [0.717, 1.165) is 37.1 Å². The second-order valence-corrected chi connectivity index (χ2v) is 22.2. The molecular formula is C59H96ClN7O11. The molecule has 0 radical (unpaired) electrons. The third kappa shape index (κ3) is 23.9. The van der Waals surface area contributed by atoms with Crippen LogP contribution in [0.1, 0.15) is 158 Å². The van der Waals surface area contributed by atoms with E-state index in [1.54, 1.807) is 71.2 Å². The molecule has 4 N–H and O–H groups in total. The maximum Gasteiger partial charge on any atom is 0.409 e. The van der Waals surface area contributed by atoms with Gasteiger partial charge in [0.15, 0.2) is 6.10 Å². The number of benzene rings is 1. The van der Waals surface area contributed by atoms with Crippen LogP contribution in [0.15, 0.2) is 47.6 Å². The first-order valence-electron chi connectivity index (χ1n) is 28.3. The zero-order valence-electron chi connectivity index (χ0n) is 49.5. The lowest BCUT2D eigenvalue weighted by Crippen LogP contribution is -2.57. The van der Waals surface area contributed by atoms with Gasteiger partial charge in [0.1, 0.15) is 36.4 Å². The van der Waals surface area contributed by atoms with E-state index in [0.29, 0.717) is 29.1 Å². The van der Waals surface area contributed by atoms with Gasteiger partial charge < -0.3 is 50.2 Å². The number of allylic oxidation sites excluding steroid dienone is 1. The molecule has 1 aromatic carbocycles. The molecule has 1 aliphatic heterocycles. The molecule has 0 bridgehead atoms. The number of unbranched alkanes of at least 4 members (excludes halogenated alkanes) is 9. The summed E-state index contributed by atoms with van der Waals surface area (Å²) in [7, 11) is 6.47. The molecule has 1 aromatic rings. The summed E-state index contributed by atoms with van der Waals surface area (Å²) in [6, 6.07) is 2.01. The number of hydrogen-bond donors (Lipinski definition) is 4. The number of rotatable bonds is 21. The van der Waals surface area contributed by atoms with Crippen molar-refractivity contribution in [2.24, 2.45) is 17.8 Å². The monoisotopic (exact) mass is 1110 g/mol. The topological polar surface area (TPSA) is 222 Å². The molecule has 0 saturated carbocycles. The van der Waals surface area contributed by atoms with Gasteiger partial charge in [0.25, 0.3) is 5.91 Å². The molecule has 19 heteroatoms. The van der Waals surface area contributed by atoms with E-state index >= 15 is 0 Å². The van der Waals surface area contributed by atoms with Gasteiger partial charge in [0.05, 0.1) is 6.54 Å². The van der Waals surface area contributed by atoms with Gasteiger partial charge >= 0.3 is 18.0 Å². The number of carbonyl (C=O) groups excluding carboxylic acids is 8. The fourth-order valence-electron chi connectivity index (χ4n) is 9.07. The van der Waals surface area contributed by atoms with Gasteiger partial charge in [-0.1, -0.05) is 128 Å². The Labute approximate surface area is 471 Å². The Morgan fingerprint density at radius 3 is 1.99 bits per heavy atom. The van der Waals surface area contributed by atoms with Gasteiger partial charge in [-0.3, -0.25) is 24.0 Å². The maximum atomic E-state index is 14.4. The molecule has 1 aliphatic rings. The van der Waals surface area contributed by atoms with Crippen LogP contribution in [0.4, 0.5) is 4.79 Å². The van der Waals surface area contributed by atoms with Crippen molar-refractivity contribution in [1.82, 2.24) is 36.0 Å². The van der Waals surface area contributed by atoms with Crippen LogP contribution < -0.4 is 21.3 Å². The fourth-order valence-corrected chi connectivity index (χ4v) is 9.20. The van der Waals surface area contributed by atoms with Crippen molar-refractivity contribution in [1.29, 1.82) is 0 Å². The van der Waals surface area contributed by atoms with Crippen LogP contribution in [-0.2, 0) is 54.2 Å². The highest BCUT2D eigenvalue weighted by Gasteiger charge is 2.38. The summed E-state index contributed by atoms with van der Waals surface area (Å²) < 4.78 is 18.2. The highest BCUT2D eigenvalue weighted by atomic mass is 35.5. The van der Waals surface area contributed by atoms with Crippen LogP contribution in [0.25, 0.3) is 0 Å². The van der Waals surface area contributed by atoms with Gasteiger partial charge in [0, 0.05) is 57.0 Å². The third-order valence-electron chi connectivity index (χ3n) is 14.6. The number of ether oxygens (including phenoxy) is 3. The molecule has 18 nitrogen and oxygen atoms in total. The van der Waals surface area contributed by atoms with E-state index in [-0.39, 0.29) is 30.8 Å². The normalized spacial score (nSPS) is 24.6. The van der Waals surface area contributed by atoms with Crippen molar-refractivity contribution in [3.05, 3.63) is 58.1 Å². The molecule has 0 unspecified atom stereocenters. The maximum absolute atomic E-state index is 14.4. The first-order chi connectivity index (χ1) is 36.9. The van der Waals surface area contributed by atoms with Gasteiger partial charge in [-0.15, -0.1) is 0 Å². The largest absolute Gasteiger partial charge is 0.456 e. The summed E-state index contributed by atoms with van der Waals surface area (Å²) in [5.41, 5.74) is 1.40. The minimum absolute atomic E-state index is 0.0122. The smallest absolute Gasteiger partial charge is 0.409 e. The number of hydrogen-bond acceptors (Lipinski definition) is 12. The van der Waals surface area contributed by atoms with Crippen molar-refractivity contribution in [2.75, 3.05) is 47.8 Å². The van der Waals surface area contributed by atoms with Crippen LogP contribution >= 0.6 is 11.6 Å². The Bertz CT molecular complexity index is 2150. The average molecular weight is 1110 g/mol. The van der Waals surface area contributed by atoms with Crippen molar-refractivity contribution >= 4 is 59.2 Å². The summed E-state index contributed by atoms with van der Waals surface area (Å²) in [5.74, 6) is -6.16. The molecule has 440 valence electrons. The summed E-state index contributed by atoms with van der Waals surface area (Å²) in [5, 5.41) is 11.8. The molecule has 0 aliphatic carbocycles.